The minimum atomic E-state index is -1.52. The predicted molar refractivity (Wildman–Crippen MR) is 91.0 cm³/mol. The van der Waals surface area contributed by atoms with Gasteiger partial charge in [-0.2, -0.15) is 0 Å². The third-order valence-corrected chi connectivity index (χ3v) is 5.15. The summed E-state index contributed by atoms with van der Waals surface area (Å²) in [5.74, 6) is -0.494. The van der Waals surface area contributed by atoms with Crippen LogP contribution in [0.5, 0.6) is 0 Å². The molecule has 0 aliphatic carbocycles. The summed E-state index contributed by atoms with van der Waals surface area (Å²) in [6.45, 7) is 15.2. The number of carbonyl (C=O) groups excluding carboxylic acids is 3. The van der Waals surface area contributed by atoms with E-state index in [0.29, 0.717) is 6.42 Å². The maximum Gasteiger partial charge on any atom is 0.225 e. The second-order valence-electron chi connectivity index (χ2n) is 8.70. The molecule has 0 saturated heterocycles. The molecule has 1 unspecified atom stereocenters. The lowest BCUT2D eigenvalue weighted by Gasteiger charge is -2.39. The first kappa shape index (κ1) is 21.8. The van der Waals surface area contributed by atoms with E-state index < -0.39 is 21.8 Å². The monoisotopic (exact) mass is 327 g/mol. The molecule has 1 atom stereocenters. The number of amides is 1. The highest BCUT2D eigenvalue weighted by Gasteiger charge is 2.44. The number of carbonyl (C=O) groups is 3. The highest BCUT2D eigenvalue weighted by molar-refractivity contribution is 5.86. The molecular weight excluding hydrogens is 294 g/mol. The molecule has 0 aromatic heterocycles. The van der Waals surface area contributed by atoms with E-state index in [2.05, 4.69) is 5.32 Å². The summed E-state index contributed by atoms with van der Waals surface area (Å²) in [7, 11) is 0. The van der Waals surface area contributed by atoms with Gasteiger partial charge in [-0.05, 0) is 27.2 Å². The van der Waals surface area contributed by atoms with E-state index in [1.807, 2.05) is 13.8 Å². The van der Waals surface area contributed by atoms with Gasteiger partial charge in [-0.25, -0.2) is 0 Å². The average Bonchev–Trinajstić information content (AvgIpc) is 2.33. The first-order valence-corrected chi connectivity index (χ1v) is 8.00. The van der Waals surface area contributed by atoms with E-state index >= 15 is 0 Å². The molecule has 23 heavy (non-hydrogen) atoms. The zero-order valence-electron chi connectivity index (χ0n) is 16.1. The Morgan fingerprint density at radius 2 is 1.26 bits per heavy atom. The van der Waals surface area contributed by atoms with Crippen LogP contribution in [0, 0.1) is 16.2 Å². The molecule has 0 aromatic carbocycles. The molecule has 0 aromatic rings. The van der Waals surface area contributed by atoms with E-state index in [1.54, 1.807) is 27.7 Å². The Morgan fingerprint density at radius 1 is 0.826 bits per heavy atom. The van der Waals surface area contributed by atoms with Crippen molar-refractivity contribution in [2.75, 3.05) is 6.54 Å². The van der Waals surface area contributed by atoms with Crippen LogP contribution in [0.25, 0.3) is 0 Å². The van der Waals surface area contributed by atoms with Crippen LogP contribution in [0.4, 0.5) is 0 Å². The van der Waals surface area contributed by atoms with Gasteiger partial charge >= 0.3 is 0 Å². The van der Waals surface area contributed by atoms with Gasteiger partial charge in [-0.15, -0.1) is 0 Å². The fourth-order valence-corrected chi connectivity index (χ4v) is 2.50. The molecule has 2 N–H and O–H groups in total. The van der Waals surface area contributed by atoms with Gasteiger partial charge in [0.15, 0.2) is 5.78 Å². The Morgan fingerprint density at radius 3 is 1.61 bits per heavy atom. The summed E-state index contributed by atoms with van der Waals surface area (Å²) >= 11 is 0. The summed E-state index contributed by atoms with van der Waals surface area (Å²) in [6.07, 6.45) is 0.421. The molecule has 0 aliphatic heterocycles. The minimum absolute atomic E-state index is 0.0400. The Hall–Kier alpha value is -1.23. The fraction of sp³-hybridized carbons (Fsp3) is 0.833. The molecule has 1 amide bonds. The normalized spacial score (nSPS) is 15.7. The van der Waals surface area contributed by atoms with Gasteiger partial charge in [0.2, 0.25) is 5.91 Å². The van der Waals surface area contributed by atoms with Crippen LogP contribution in [0.1, 0.15) is 68.7 Å². The van der Waals surface area contributed by atoms with Gasteiger partial charge in [-0.1, -0.05) is 41.5 Å². The van der Waals surface area contributed by atoms with Crippen LogP contribution in [0.3, 0.4) is 0 Å². The summed E-state index contributed by atoms with van der Waals surface area (Å²) < 4.78 is 0. The van der Waals surface area contributed by atoms with E-state index in [4.69, 9.17) is 0 Å². The van der Waals surface area contributed by atoms with Crippen molar-refractivity contribution in [3.8, 4) is 0 Å². The largest absolute Gasteiger partial charge is 0.382 e. The van der Waals surface area contributed by atoms with Gasteiger partial charge in [0.25, 0.3) is 0 Å². The minimum Gasteiger partial charge on any atom is -0.382 e. The van der Waals surface area contributed by atoms with E-state index in [-0.39, 0.29) is 24.0 Å². The summed E-state index contributed by atoms with van der Waals surface area (Å²) in [5.41, 5.74) is -3.64. The molecule has 5 heteroatoms. The second-order valence-corrected chi connectivity index (χ2v) is 8.70. The zero-order valence-corrected chi connectivity index (χ0v) is 16.1. The third-order valence-electron chi connectivity index (χ3n) is 5.15. The van der Waals surface area contributed by atoms with Crippen molar-refractivity contribution in [1.82, 2.24) is 5.32 Å². The topological polar surface area (TPSA) is 83.5 Å². The predicted octanol–water partition coefficient (Wildman–Crippen LogP) is 2.50. The Bertz CT molecular complexity index is 487. The van der Waals surface area contributed by atoms with Crippen LogP contribution in [-0.2, 0) is 14.4 Å². The molecule has 0 aliphatic rings. The van der Waals surface area contributed by atoms with Crippen molar-refractivity contribution in [2.45, 2.75) is 74.3 Å². The highest BCUT2D eigenvalue weighted by Crippen LogP contribution is 2.35. The lowest BCUT2D eigenvalue weighted by atomic mass is 9.71. The van der Waals surface area contributed by atoms with Crippen LogP contribution in [0.15, 0.2) is 0 Å². The van der Waals surface area contributed by atoms with E-state index in [0.717, 1.165) is 0 Å². The smallest absolute Gasteiger partial charge is 0.225 e. The van der Waals surface area contributed by atoms with Gasteiger partial charge in [0.1, 0.15) is 11.4 Å². The standard InChI is InChI=1S/C18H33NO4/c1-12(20)15(3,4)10-16(5,6)14(22)19-11-17(7,8)18(9,23)13(2)21/h23H,10-11H2,1-9H3,(H,19,22). The first-order valence-electron chi connectivity index (χ1n) is 8.00. The lowest BCUT2D eigenvalue weighted by molar-refractivity contribution is -0.147. The highest BCUT2D eigenvalue weighted by atomic mass is 16.3. The van der Waals surface area contributed by atoms with Crippen molar-refractivity contribution < 1.29 is 19.5 Å². The molecule has 0 spiro atoms. The molecule has 0 heterocycles. The van der Waals surface area contributed by atoms with E-state index in [1.165, 1.54) is 20.8 Å². The molecule has 0 bridgehead atoms. The Balaban J connectivity index is 5.02. The molecule has 0 rings (SSSR count). The first-order chi connectivity index (χ1) is 9.97. The number of Topliss-reactive ketones (excluding diaryl/α,β-unsaturated/α-hetero) is 2. The van der Waals surface area contributed by atoms with Crippen LogP contribution < -0.4 is 5.32 Å². The fourth-order valence-electron chi connectivity index (χ4n) is 2.50. The van der Waals surface area contributed by atoms with Gasteiger partial charge in [-0.3, -0.25) is 14.4 Å². The molecule has 0 saturated carbocycles. The third kappa shape index (κ3) is 5.13. The van der Waals surface area contributed by atoms with Crippen molar-refractivity contribution in [2.24, 2.45) is 16.2 Å². The number of rotatable bonds is 8. The van der Waals surface area contributed by atoms with Crippen molar-refractivity contribution in [3.05, 3.63) is 0 Å². The molecule has 0 fully saturated rings. The number of ketones is 2. The van der Waals surface area contributed by atoms with Gasteiger partial charge in [0.05, 0.1) is 0 Å². The summed E-state index contributed by atoms with van der Waals surface area (Å²) in [4.78, 5) is 35.8. The van der Waals surface area contributed by atoms with Crippen LogP contribution >= 0.6 is 0 Å². The van der Waals surface area contributed by atoms with Crippen LogP contribution in [-0.4, -0.2) is 34.7 Å². The number of nitrogens with one attached hydrogen (secondary N) is 1. The average molecular weight is 327 g/mol. The van der Waals surface area contributed by atoms with Crippen molar-refractivity contribution >= 4 is 17.5 Å². The SMILES string of the molecule is CC(=O)C(C)(C)CC(C)(C)C(=O)NCC(C)(C)C(C)(O)C(C)=O. The van der Waals surface area contributed by atoms with Crippen LogP contribution in [0.2, 0.25) is 0 Å². The lowest BCUT2D eigenvalue weighted by Crippen LogP contribution is -2.54. The number of hydrogen-bond acceptors (Lipinski definition) is 4. The van der Waals surface area contributed by atoms with Gasteiger partial charge in [0, 0.05) is 22.8 Å². The van der Waals surface area contributed by atoms with Crippen molar-refractivity contribution in [1.29, 1.82) is 0 Å². The second kappa shape index (κ2) is 6.71. The van der Waals surface area contributed by atoms with E-state index in [9.17, 15) is 19.5 Å². The Kier molecular flexibility index (Phi) is 6.36. The summed E-state index contributed by atoms with van der Waals surface area (Å²) in [5, 5.41) is 13.2. The maximum atomic E-state index is 12.5. The zero-order chi connectivity index (χ0) is 18.9. The number of aliphatic hydroxyl groups is 1. The molecule has 5 nitrogen and oxygen atoms in total. The summed E-state index contributed by atoms with van der Waals surface area (Å²) in [6, 6.07) is 0. The molecule has 134 valence electrons. The number of hydrogen-bond donors (Lipinski definition) is 2. The Labute approximate surface area is 140 Å². The molecule has 0 radical (unpaired) electrons. The maximum absolute atomic E-state index is 12.5. The molecular formula is C18H33NO4. The van der Waals surface area contributed by atoms with Gasteiger partial charge < -0.3 is 10.4 Å². The quantitative estimate of drug-likeness (QED) is 0.717. The van der Waals surface area contributed by atoms with Crippen molar-refractivity contribution in [3.63, 3.8) is 0 Å².